The van der Waals surface area contributed by atoms with E-state index in [1.807, 2.05) is 0 Å². The third kappa shape index (κ3) is 2.37. The summed E-state index contributed by atoms with van der Waals surface area (Å²) in [5.74, 6) is 1.64. The van der Waals surface area contributed by atoms with Gasteiger partial charge in [0.2, 0.25) is 0 Å². The second kappa shape index (κ2) is 4.94. The standard InChI is InChI=1S/C12H20O2/c1-13-6-2-3-10-4-5-11-8-14-9-12(11)7-10/h4,11-12H,2-3,5-9H2,1H3. The van der Waals surface area contributed by atoms with Crippen LogP contribution >= 0.6 is 0 Å². The predicted molar refractivity (Wildman–Crippen MR) is 56.2 cm³/mol. The Morgan fingerprint density at radius 2 is 2.29 bits per heavy atom. The molecule has 0 aromatic heterocycles. The lowest BCUT2D eigenvalue weighted by Crippen LogP contribution is -2.16. The summed E-state index contributed by atoms with van der Waals surface area (Å²) < 4.78 is 10.6. The van der Waals surface area contributed by atoms with Gasteiger partial charge in [0.05, 0.1) is 13.2 Å². The molecule has 2 heteroatoms. The molecule has 2 unspecified atom stereocenters. The highest BCUT2D eigenvalue weighted by molar-refractivity contribution is 5.09. The molecule has 2 rings (SSSR count). The van der Waals surface area contributed by atoms with Gasteiger partial charge in [-0.2, -0.15) is 0 Å². The molecule has 1 saturated heterocycles. The molecule has 2 aliphatic rings. The van der Waals surface area contributed by atoms with Gasteiger partial charge in [0.25, 0.3) is 0 Å². The summed E-state index contributed by atoms with van der Waals surface area (Å²) in [7, 11) is 1.77. The number of ether oxygens (including phenoxy) is 2. The maximum absolute atomic E-state index is 5.51. The van der Waals surface area contributed by atoms with E-state index < -0.39 is 0 Å². The van der Waals surface area contributed by atoms with Crippen LogP contribution in [0.3, 0.4) is 0 Å². The average Bonchev–Trinajstić information content (AvgIpc) is 2.65. The maximum atomic E-state index is 5.51. The first-order valence-electron chi connectivity index (χ1n) is 5.64. The molecule has 14 heavy (non-hydrogen) atoms. The molecule has 0 aromatic rings. The first-order chi connectivity index (χ1) is 6.90. The van der Waals surface area contributed by atoms with E-state index in [9.17, 15) is 0 Å². The number of fused-ring (bicyclic) bond motifs is 1. The zero-order chi connectivity index (χ0) is 9.80. The van der Waals surface area contributed by atoms with Crippen molar-refractivity contribution in [2.75, 3.05) is 26.9 Å². The van der Waals surface area contributed by atoms with Crippen molar-refractivity contribution in [2.24, 2.45) is 11.8 Å². The molecule has 0 saturated carbocycles. The fourth-order valence-electron chi connectivity index (χ4n) is 2.51. The summed E-state index contributed by atoms with van der Waals surface area (Å²) in [6, 6.07) is 0. The van der Waals surface area contributed by atoms with E-state index in [1.54, 1.807) is 12.7 Å². The van der Waals surface area contributed by atoms with Crippen molar-refractivity contribution in [3.63, 3.8) is 0 Å². The van der Waals surface area contributed by atoms with Crippen LogP contribution in [0, 0.1) is 11.8 Å². The Bertz CT molecular complexity index is 210. The molecule has 0 N–H and O–H groups in total. The van der Waals surface area contributed by atoms with Crippen molar-refractivity contribution >= 4 is 0 Å². The molecular formula is C12H20O2. The minimum absolute atomic E-state index is 0.817. The van der Waals surface area contributed by atoms with Crippen molar-refractivity contribution in [1.29, 1.82) is 0 Å². The van der Waals surface area contributed by atoms with E-state index in [-0.39, 0.29) is 0 Å². The average molecular weight is 196 g/mol. The van der Waals surface area contributed by atoms with E-state index in [0.29, 0.717) is 0 Å². The molecule has 0 radical (unpaired) electrons. The largest absolute Gasteiger partial charge is 0.385 e. The first kappa shape index (κ1) is 10.2. The van der Waals surface area contributed by atoms with Crippen LogP contribution < -0.4 is 0 Å². The van der Waals surface area contributed by atoms with Crippen LogP contribution in [0.1, 0.15) is 25.7 Å². The van der Waals surface area contributed by atoms with E-state index in [4.69, 9.17) is 9.47 Å². The summed E-state index contributed by atoms with van der Waals surface area (Å²) in [5, 5.41) is 0. The van der Waals surface area contributed by atoms with Gasteiger partial charge in [0, 0.05) is 13.7 Å². The summed E-state index contributed by atoms with van der Waals surface area (Å²) in [5.41, 5.74) is 1.63. The van der Waals surface area contributed by atoms with Gasteiger partial charge in [-0.05, 0) is 37.5 Å². The third-order valence-corrected chi connectivity index (χ3v) is 3.41. The summed E-state index contributed by atoms with van der Waals surface area (Å²) >= 11 is 0. The van der Waals surface area contributed by atoms with Crippen LogP contribution in [-0.4, -0.2) is 26.9 Å². The Morgan fingerprint density at radius 3 is 3.14 bits per heavy atom. The quantitative estimate of drug-likeness (QED) is 0.508. The highest BCUT2D eigenvalue weighted by Gasteiger charge is 2.30. The smallest absolute Gasteiger partial charge is 0.0501 e. The van der Waals surface area contributed by atoms with E-state index in [1.165, 1.54) is 25.7 Å². The van der Waals surface area contributed by atoms with Crippen LogP contribution in [0.2, 0.25) is 0 Å². The minimum atomic E-state index is 0.817. The molecule has 1 aliphatic heterocycles. The van der Waals surface area contributed by atoms with E-state index in [0.717, 1.165) is 31.7 Å². The van der Waals surface area contributed by atoms with Crippen LogP contribution in [0.25, 0.3) is 0 Å². The zero-order valence-corrected chi connectivity index (χ0v) is 9.00. The Balaban J connectivity index is 1.77. The second-order valence-corrected chi connectivity index (χ2v) is 4.46. The highest BCUT2D eigenvalue weighted by atomic mass is 16.5. The third-order valence-electron chi connectivity index (χ3n) is 3.41. The zero-order valence-electron chi connectivity index (χ0n) is 9.00. The van der Waals surface area contributed by atoms with Gasteiger partial charge in [-0.15, -0.1) is 0 Å². The Morgan fingerprint density at radius 1 is 1.43 bits per heavy atom. The van der Waals surface area contributed by atoms with Gasteiger partial charge in [0.15, 0.2) is 0 Å². The lowest BCUT2D eigenvalue weighted by molar-refractivity contribution is 0.181. The van der Waals surface area contributed by atoms with Gasteiger partial charge in [-0.3, -0.25) is 0 Å². The first-order valence-corrected chi connectivity index (χ1v) is 5.64. The van der Waals surface area contributed by atoms with E-state index in [2.05, 4.69) is 6.08 Å². The number of methoxy groups -OCH3 is 1. The molecule has 0 amide bonds. The topological polar surface area (TPSA) is 18.5 Å². The fraction of sp³-hybridized carbons (Fsp3) is 0.833. The fourth-order valence-corrected chi connectivity index (χ4v) is 2.51. The van der Waals surface area contributed by atoms with Crippen LogP contribution in [0.15, 0.2) is 11.6 Å². The van der Waals surface area contributed by atoms with Crippen molar-refractivity contribution in [2.45, 2.75) is 25.7 Å². The number of hydrogen-bond donors (Lipinski definition) is 0. The van der Waals surface area contributed by atoms with Crippen molar-refractivity contribution in [1.82, 2.24) is 0 Å². The van der Waals surface area contributed by atoms with Crippen molar-refractivity contribution in [3.05, 3.63) is 11.6 Å². The van der Waals surface area contributed by atoms with Gasteiger partial charge in [-0.25, -0.2) is 0 Å². The van der Waals surface area contributed by atoms with Gasteiger partial charge in [0.1, 0.15) is 0 Å². The molecule has 80 valence electrons. The molecule has 0 bridgehead atoms. The molecule has 2 atom stereocenters. The lowest BCUT2D eigenvalue weighted by atomic mass is 9.81. The van der Waals surface area contributed by atoms with Crippen LogP contribution in [0.5, 0.6) is 0 Å². The monoisotopic (exact) mass is 196 g/mol. The second-order valence-electron chi connectivity index (χ2n) is 4.46. The summed E-state index contributed by atoms with van der Waals surface area (Å²) in [4.78, 5) is 0. The summed E-state index contributed by atoms with van der Waals surface area (Å²) in [6.07, 6.45) is 7.34. The molecule has 0 spiro atoms. The number of allylic oxidation sites excluding steroid dienone is 2. The molecule has 1 fully saturated rings. The number of rotatable bonds is 4. The Hall–Kier alpha value is -0.340. The highest BCUT2D eigenvalue weighted by Crippen LogP contribution is 2.35. The molecule has 0 aromatic carbocycles. The predicted octanol–water partition coefficient (Wildman–Crippen LogP) is 2.40. The SMILES string of the molecule is COCCCC1=CCC2COCC2C1. The van der Waals surface area contributed by atoms with Gasteiger partial charge >= 0.3 is 0 Å². The van der Waals surface area contributed by atoms with E-state index >= 15 is 0 Å². The molecule has 1 heterocycles. The van der Waals surface area contributed by atoms with Crippen LogP contribution in [-0.2, 0) is 9.47 Å². The normalized spacial score (nSPS) is 31.4. The molecular weight excluding hydrogens is 176 g/mol. The molecule has 1 aliphatic carbocycles. The van der Waals surface area contributed by atoms with Crippen molar-refractivity contribution < 1.29 is 9.47 Å². The van der Waals surface area contributed by atoms with Gasteiger partial charge < -0.3 is 9.47 Å². The Kier molecular flexibility index (Phi) is 3.60. The van der Waals surface area contributed by atoms with Crippen LogP contribution in [0.4, 0.5) is 0 Å². The molecule has 2 nitrogen and oxygen atoms in total. The van der Waals surface area contributed by atoms with Crippen molar-refractivity contribution in [3.8, 4) is 0 Å². The maximum Gasteiger partial charge on any atom is 0.0501 e. The number of hydrogen-bond acceptors (Lipinski definition) is 2. The Labute approximate surface area is 86.3 Å². The lowest BCUT2D eigenvalue weighted by Gasteiger charge is -2.23. The minimum Gasteiger partial charge on any atom is -0.385 e. The summed E-state index contributed by atoms with van der Waals surface area (Å²) in [6.45, 7) is 2.88. The van der Waals surface area contributed by atoms with Gasteiger partial charge in [-0.1, -0.05) is 11.6 Å².